The molecule has 4 rings (SSSR count). The lowest BCUT2D eigenvalue weighted by Crippen LogP contribution is -2.05. The van der Waals surface area contributed by atoms with Crippen LogP contribution in [0.4, 0.5) is 0 Å². The van der Waals surface area contributed by atoms with Crippen LogP contribution in [-0.4, -0.2) is 15.6 Å². The van der Waals surface area contributed by atoms with E-state index in [0.717, 1.165) is 11.3 Å². The summed E-state index contributed by atoms with van der Waals surface area (Å²) in [5.74, 6) is -0.493. The number of fused-ring (bicyclic) bond motifs is 1. The molecule has 28 heavy (non-hydrogen) atoms. The third-order valence-electron chi connectivity index (χ3n) is 5.02. The first-order valence-corrected chi connectivity index (χ1v) is 9.21. The van der Waals surface area contributed by atoms with Crippen LogP contribution in [0, 0.1) is 13.8 Å². The zero-order chi connectivity index (χ0) is 19.8. The van der Waals surface area contributed by atoms with E-state index in [-0.39, 0.29) is 17.9 Å². The first-order chi connectivity index (χ1) is 13.4. The lowest BCUT2D eigenvalue weighted by Gasteiger charge is -2.07. The van der Waals surface area contributed by atoms with Gasteiger partial charge < -0.3 is 18.8 Å². The van der Waals surface area contributed by atoms with Gasteiger partial charge in [-0.25, -0.2) is 9.59 Å². The van der Waals surface area contributed by atoms with Gasteiger partial charge in [0.2, 0.25) is 0 Å². The number of hydrogen-bond acceptors (Lipinski definition) is 5. The first-order valence-electron chi connectivity index (χ1n) is 9.21. The van der Waals surface area contributed by atoms with Crippen LogP contribution in [0.25, 0.3) is 17.0 Å². The van der Waals surface area contributed by atoms with Crippen LogP contribution in [0.3, 0.4) is 0 Å². The average Bonchev–Trinajstić information content (AvgIpc) is 3.43. The molecule has 0 atom stereocenters. The summed E-state index contributed by atoms with van der Waals surface area (Å²) in [7, 11) is 0. The number of hydrogen-bond donors (Lipinski definition) is 1. The smallest absolute Gasteiger partial charge is 0.336 e. The van der Waals surface area contributed by atoms with E-state index in [1.165, 1.54) is 42.8 Å². The van der Waals surface area contributed by atoms with Crippen LogP contribution in [0.5, 0.6) is 5.75 Å². The molecule has 1 aliphatic carbocycles. The standard InChI is InChI=1S/C22H21NO5/c1-13-9-15(14(2)23(13)17-4-5-17)3-8-21(25)27-12-16-10-22(26)28-20-11-18(24)6-7-19(16)20/h3,6-11,17,24H,4-5,12H2,1-2H3/b8-3+. The maximum Gasteiger partial charge on any atom is 0.336 e. The van der Waals surface area contributed by atoms with E-state index in [1.54, 1.807) is 12.1 Å². The van der Waals surface area contributed by atoms with Crippen LogP contribution < -0.4 is 5.63 Å². The highest BCUT2D eigenvalue weighted by Gasteiger charge is 2.26. The molecular weight excluding hydrogens is 358 g/mol. The molecule has 6 heteroatoms. The molecule has 0 radical (unpaired) electrons. The second-order valence-electron chi connectivity index (χ2n) is 7.14. The number of phenolic OH excluding ortho intramolecular Hbond substituents is 1. The van der Waals surface area contributed by atoms with Gasteiger partial charge in [-0.1, -0.05) is 0 Å². The summed E-state index contributed by atoms with van der Waals surface area (Å²) in [6.07, 6.45) is 5.58. The predicted molar refractivity (Wildman–Crippen MR) is 105 cm³/mol. The fraction of sp³-hybridized carbons (Fsp3) is 0.273. The monoisotopic (exact) mass is 379 g/mol. The highest BCUT2D eigenvalue weighted by atomic mass is 16.5. The Morgan fingerprint density at radius 2 is 2.07 bits per heavy atom. The SMILES string of the molecule is Cc1cc(/C=C/C(=O)OCc2cc(=O)oc3cc(O)ccc23)c(C)n1C1CC1. The quantitative estimate of drug-likeness (QED) is 0.411. The second kappa shape index (κ2) is 7.03. The summed E-state index contributed by atoms with van der Waals surface area (Å²) in [6.45, 7) is 4.07. The van der Waals surface area contributed by atoms with Gasteiger partial charge in [-0.3, -0.25) is 0 Å². The van der Waals surface area contributed by atoms with Crippen molar-refractivity contribution in [2.24, 2.45) is 0 Å². The van der Waals surface area contributed by atoms with Gasteiger partial charge in [0.15, 0.2) is 0 Å². The summed E-state index contributed by atoms with van der Waals surface area (Å²) in [4.78, 5) is 23.9. The number of benzene rings is 1. The van der Waals surface area contributed by atoms with E-state index in [1.807, 2.05) is 0 Å². The van der Waals surface area contributed by atoms with E-state index >= 15 is 0 Å². The molecule has 0 amide bonds. The van der Waals surface area contributed by atoms with Crippen LogP contribution in [0.1, 0.15) is 41.4 Å². The Morgan fingerprint density at radius 1 is 1.29 bits per heavy atom. The van der Waals surface area contributed by atoms with Crippen molar-refractivity contribution >= 4 is 23.0 Å². The molecule has 0 saturated heterocycles. The number of nitrogens with zero attached hydrogens (tertiary/aromatic N) is 1. The van der Waals surface area contributed by atoms with Crippen molar-refractivity contribution in [1.29, 1.82) is 0 Å². The third kappa shape index (κ3) is 3.58. The summed E-state index contributed by atoms with van der Waals surface area (Å²) < 4.78 is 12.7. The van der Waals surface area contributed by atoms with Crippen molar-refractivity contribution in [3.8, 4) is 5.75 Å². The van der Waals surface area contributed by atoms with Gasteiger partial charge in [-0.15, -0.1) is 0 Å². The Kier molecular flexibility index (Phi) is 4.55. The van der Waals surface area contributed by atoms with E-state index in [4.69, 9.17) is 9.15 Å². The molecule has 6 nitrogen and oxygen atoms in total. The lowest BCUT2D eigenvalue weighted by atomic mass is 10.1. The first kappa shape index (κ1) is 18.1. The molecule has 0 spiro atoms. The fourth-order valence-electron chi connectivity index (χ4n) is 3.56. The van der Waals surface area contributed by atoms with Crippen molar-refractivity contribution < 1.29 is 19.1 Å². The molecule has 2 aromatic heterocycles. The van der Waals surface area contributed by atoms with Crippen molar-refractivity contribution in [2.45, 2.75) is 39.3 Å². The molecule has 1 fully saturated rings. The van der Waals surface area contributed by atoms with Crippen molar-refractivity contribution in [3.05, 3.63) is 69.3 Å². The largest absolute Gasteiger partial charge is 0.508 e. The second-order valence-corrected chi connectivity index (χ2v) is 7.14. The van der Waals surface area contributed by atoms with Crippen LogP contribution in [-0.2, 0) is 16.1 Å². The Morgan fingerprint density at radius 3 is 2.82 bits per heavy atom. The maximum atomic E-state index is 12.2. The number of aromatic hydroxyl groups is 1. The third-order valence-corrected chi connectivity index (χ3v) is 5.02. The Labute approximate surface area is 161 Å². The molecule has 1 aromatic carbocycles. The summed E-state index contributed by atoms with van der Waals surface area (Å²) in [6, 6.07) is 8.42. The van der Waals surface area contributed by atoms with E-state index in [0.29, 0.717) is 17.0 Å². The van der Waals surface area contributed by atoms with Crippen LogP contribution in [0.2, 0.25) is 0 Å². The Bertz CT molecular complexity index is 1150. The number of ether oxygens (including phenoxy) is 1. The molecule has 2 heterocycles. The van der Waals surface area contributed by atoms with Gasteiger partial charge in [0, 0.05) is 46.6 Å². The highest BCUT2D eigenvalue weighted by Crippen LogP contribution is 2.38. The van der Waals surface area contributed by atoms with Crippen LogP contribution >= 0.6 is 0 Å². The molecule has 0 unspecified atom stereocenters. The number of aryl methyl sites for hydroxylation is 1. The zero-order valence-corrected chi connectivity index (χ0v) is 15.8. The van der Waals surface area contributed by atoms with Crippen molar-refractivity contribution in [3.63, 3.8) is 0 Å². The van der Waals surface area contributed by atoms with Gasteiger partial charge in [0.1, 0.15) is 17.9 Å². The summed E-state index contributed by atoms with van der Waals surface area (Å²) in [5.41, 5.74) is 3.56. The zero-order valence-electron chi connectivity index (χ0n) is 15.8. The van der Waals surface area contributed by atoms with Crippen molar-refractivity contribution in [1.82, 2.24) is 4.57 Å². The average molecular weight is 379 g/mol. The topological polar surface area (TPSA) is 81.7 Å². The summed E-state index contributed by atoms with van der Waals surface area (Å²) in [5, 5.41) is 10.1. The number of carbonyl (C=O) groups excluding carboxylic acids is 1. The van der Waals surface area contributed by atoms with Gasteiger partial charge in [0.25, 0.3) is 0 Å². The van der Waals surface area contributed by atoms with Gasteiger partial charge in [-0.2, -0.15) is 0 Å². The van der Waals surface area contributed by atoms with Crippen LogP contribution in [0.15, 0.2) is 45.6 Å². The van der Waals surface area contributed by atoms with E-state index < -0.39 is 11.6 Å². The Hall–Kier alpha value is -3.28. The number of rotatable bonds is 5. The van der Waals surface area contributed by atoms with E-state index in [2.05, 4.69) is 24.5 Å². The van der Waals surface area contributed by atoms with E-state index in [9.17, 15) is 14.7 Å². The minimum atomic E-state index is -0.563. The number of esters is 1. The molecule has 1 aliphatic rings. The number of carbonyl (C=O) groups is 1. The number of phenols is 1. The molecule has 0 bridgehead atoms. The lowest BCUT2D eigenvalue weighted by molar-refractivity contribution is -0.138. The normalized spacial score (nSPS) is 14.1. The Balaban J connectivity index is 1.48. The molecule has 1 N–H and O–H groups in total. The minimum absolute atomic E-state index is 0.00322. The predicted octanol–water partition coefficient (Wildman–Crippen LogP) is 4.01. The maximum absolute atomic E-state index is 12.2. The molecule has 0 aliphatic heterocycles. The number of aromatic nitrogens is 1. The van der Waals surface area contributed by atoms with Crippen molar-refractivity contribution in [2.75, 3.05) is 0 Å². The molecular formula is C22H21NO5. The molecule has 3 aromatic rings. The minimum Gasteiger partial charge on any atom is -0.508 e. The fourth-order valence-corrected chi connectivity index (χ4v) is 3.56. The van der Waals surface area contributed by atoms with Gasteiger partial charge in [-0.05, 0) is 56.5 Å². The van der Waals surface area contributed by atoms with Gasteiger partial charge >= 0.3 is 11.6 Å². The molecule has 1 saturated carbocycles. The highest BCUT2D eigenvalue weighted by molar-refractivity contribution is 5.88. The van der Waals surface area contributed by atoms with Gasteiger partial charge in [0.05, 0.1) is 0 Å². The molecule has 144 valence electrons. The summed E-state index contributed by atoms with van der Waals surface area (Å²) >= 11 is 0.